The zero-order chi connectivity index (χ0) is 15.6. The summed E-state index contributed by atoms with van der Waals surface area (Å²) in [5.74, 6) is 1.21. The smallest absolute Gasteiger partial charge is 0.252 e. The maximum atomic E-state index is 8.91. The molecule has 0 aliphatic heterocycles. The number of hydrogen-bond donors (Lipinski definition) is 0. The minimum absolute atomic E-state index is 0.0932. The van der Waals surface area contributed by atoms with Gasteiger partial charge in [0.2, 0.25) is 0 Å². The molecule has 3 heterocycles. The van der Waals surface area contributed by atoms with Gasteiger partial charge in [-0.15, -0.1) is 5.10 Å². The molecule has 23 heavy (non-hydrogen) atoms. The number of para-hydroxylation sites is 1. The first-order chi connectivity index (χ1) is 11.3. The lowest BCUT2D eigenvalue weighted by Crippen LogP contribution is -2.03. The molecule has 0 fully saturated rings. The average molecular weight is 299 g/mol. The quantitative estimate of drug-likeness (QED) is 0.563. The number of pyridine rings is 1. The fraction of sp³-hybridized carbons (Fsp3) is 0. The molecule has 0 saturated carbocycles. The van der Waals surface area contributed by atoms with Crippen LogP contribution in [0.15, 0.2) is 55.1 Å². The zero-order valence-corrected chi connectivity index (χ0v) is 11.8. The van der Waals surface area contributed by atoms with E-state index in [9.17, 15) is 0 Å². The highest BCUT2D eigenvalue weighted by Gasteiger charge is 2.12. The van der Waals surface area contributed by atoms with Crippen molar-refractivity contribution in [1.29, 1.82) is 5.26 Å². The van der Waals surface area contributed by atoms with Crippen molar-refractivity contribution in [3.63, 3.8) is 0 Å². The number of benzene rings is 1. The maximum absolute atomic E-state index is 8.91. The Labute approximate surface area is 130 Å². The fourth-order valence-corrected chi connectivity index (χ4v) is 2.27. The van der Waals surface area contributed by atoms with Gasteiger partial charge in [-0.3, -0.25) is 4.98 Å². The highest BCUT2D eigenvalue weighted by molar-refractivity contribution is 5.86. The Kier molecular flexibility index (Phi) is 2.99. The normalized spacial score (nSPS) is 10.6. The van der Waals surface area contributed by atoms with Crippen LogP contribution in [0.5, 0.6) is 0 Å². The van der Waals surface area contributed by atoms with Crippen molar-refractivity contribution in [2.75, 3.05) is 0 Å². The summed E-state index contributed by atoms with van der Waals surface area (Å²) in [6.45, 7) is 0. The van der Waals surface area contributed by atoms with Gasteiger partial charge in [0.1, 0.15) is 12.4 Å². The van der Waals surface area contributed by atoms with Crippen LogP contribution in [0, 0.1) is 11.3 Å². The Morgan fingerprint density at radius 1 is 1.04 bits per heavy atom. The molecule has 4 aromatic rings. The van der Waals surface area contributed by atoms with E-state index in [1.807, 2.05) is 42.5 Å². The van der Waals surface area contributed by atoms with Crippen molar-refractivity contribution in [3.05, 3.63) is 60.9 Å². The summed E-state index contributed by atoms with van der Waals surface area (Å²) in [5.41, 5.74) is 1.59. The van der Waals surface area contributed by atoms with E-state index in [0.717, 1.165) is 16.5 Å². The topological polar surface area (TPSA) is 93.2 Å². The SMILES string of the molecule is N#Cc1ncn(-c2nc(-c3cccnc3)nc3ccccc23)n1. The lowest BCUT2D eigenvalue weighted by molar-refractivity contribution is 0.846. The van der Waals surface area contributed by atoms with Crippen molar-refractivity contribution < 1.29 is 0 Å². The van der Waals surface area contributed by atoms with Gasteiger partial charge in [0.05, 0.1) is 5.52 Å². The number of hydrogen-bond acceptors (Lipinski definition) is 6. The minimum Gasteiger partial charge on any atom is -0.264 e. The number of rotatable bonds is 2. The molecule has 0 amide bonds. The van der Waals surface area contributed by atoms with Gasteiger partial charge in [0.25, 0.3) is 5.82 Å². The lowest BCUT2D eigenvalue weighted by Gasteiger charge is -2.08. The van der Waals surface area contributed by atoms with Crippen LogP contribution in [0.25, 0.3) is 28.1 Å². The monoisotopic (exact) mass is 299 g/mol. The predicted molar refractivity (Wildman–Crippen MR) is 82.4 cm³/mol. The van der Waals surface area contributed by atoms with E-state index in [0.29, 0.717) is 11.6 Å². The Hall–Kier alpha value is -3.66. The van der Waals surface area contributed by atoms with Crippen LogP contribution in [-0.2, 0) is 0 Å². The van der Waals surface area contributed by atoms with Crippen molar-refractivity contribution in [2.45, 2.75) is 0 Å². The van der Waals surface area contributed by atoms with E-state index < -0.39 is 0 Å². The standard InChI is InChI=1S/C16H9N7/c17-8-14-19-10-23(22-14)16-12-5-1-2-6-13(12)20-15(21-16)11-4-3-7-18-9-11/h1-7,9-10H. The molecule has 4 rings (SSSR count). The third-order valence-electron chi connectivity index (χ3n) is 3.31. The van der Waals surface area contributed by atoms with Crippen LogP contribution in [0.2, 0.25) is 0 Å². The summed E-state index contributed by atoms with van der Waals surface area (Å²) in [7, 11) is 0. The molecule has 0 saturated heterocycles. The number of nitrogens with zero attached hydrogens (tertiary/aromatic N) is 7. The molecule has 1 aromatic carbocycles. The molecule has 7 nitrogen and oxygen atoms in total. The Morgan fingerprint density at radius 3 is 2.74 bits per heavy atom. The molecule has 0 bridgehead atoms. The number of nitriles is 1. The second kappa shape index (κ2) is 5.27. The molecule has 3 aromatic heterocycles. The average Bonchev–Trinajstić information content (AvgIpc) is 3.10. The minimum atomic E-state index is 0.0932. The van der Waals surface area contributed by atoms with E-state index in [1.165, 1.54) is 11.0 Å². The first-order valence-corrected chi connectivity index (χ1v) is 6.84. The molecule has 0 N–H and O–H groups in total. The van der Waals surface area contributed by atoms with E-state index >= 15 is 0 Å². The third-order valence-corrected chi connectivity index (χ3v) is 3.31. The van der Waals surface area contributed by atoms with Crippen LogP contribution in [0.4, 0.5) is 0 Å². The first kappa shape index (κ1) is 13.0. The second-order valence-electron chi connectivity index (χ2n) is 4.75. The molecule has 0 radical (unpaired) electrons. The second-order valence-corrected chi connectivity index (χ2v) is 4.75. The Morgan fingerprint density at radius 2 is 1.96 bits per heavy atom. The van der Waals surface area contributed by atoms with Crippen molar-refractivity contribution in [1.82, 2.24) is 29.7 Å². The highest BCUT2D eigenvalue weighted by atomic mass is 15.4. The highest BCUT2D eigenvalue weighted by Crippen LogP contribution is 2.23. The molecule has 0 atom stereocenters. The summed E-state index contributed by atoms with van der Waals surface area (Å²) in [4.78, 5) is 17.2. The van der Waals surface area contributed by atoms with Gasteiger partial charge in [-0.25, -0.2) is 19.6 Å². The lowest BCUT2D eigenvalue weighted by atomic mass is 10.2. The van der Waals surface area contributed by atoms with Gasteiger partial charge in [-0.1, -0.05) is 12.1 Å². The molecular weight excluding hydrogens is 290 g/mol. The van der Waals surface area contributed by atoms with Crippen LogP contribution >= 0.6 is 0 Å². The van der Waals surface area contributed by atoms with Gasteiger partial charge < -0.3 is 0 Å². The van der Waals surface area contributed by atoms with Crippen LogP contribution in [0.3, 0.4) is 0 Å². The summed E-state index contributed by atoms with van der Waals surface area (Å²) in [6.07, 6.45) is 4.87. The Balaban J connectivity index is 2.00. The van der Waals surface area contributed by atoms with Crippen LogP contribution < -0.4 is 0 Å². The maximum Gasteiger partial charge on any atom is 0.252 e. The van der Waals surface area contributed by atoms with Gasteiger partial charge >= 0.3 is 0 Å². The van der Waals surface area contributed by atoms with Crippen LogP contribution in [0.1, 0.15) is 5.82 Å². The number of aromatic nitrogens is 6. The molecule has 7 heteroatoms. The molecular formula is C16H9N7. The van der Waals surface area contributed by atoms with Gasteiger partial charge in [-0.05, 0) is 24.3 Å². The first-order valence-electron chi connectivity index (χ1n) is 6.84. The van der Waals surface area contributed by atoms with Crippen molar-refractivity contribution in [2.24, 2.45) is 0 Å². The van der Waals surface area contributed by atoms with Crippen molar-refractivity contribution >= 4 is 10.9 Å². The molecule has 0 aliphatic rings. The van der Waals surface area contributed by atoms with E-state index in [-0.39, 0.29) is 5.82 Å². The van der Waals surface area contributed by atoms with Gasteiger partial charge in [-0.2, -0.15) is 5.26 Å². The predicted octanol–water partition coefficient (Wildman–Crippen LogP) is 2.14. The van der Waals surface area contributed by atoms with Crippen LogP contribution in [-0.4, -0.2) is 29.7 Å². The third kappa shape index (κ3) is 2.28. The van der Waals surface area contributed by atoms with Crippen molar-refractivity contribution in [3.8, 4) is 23.3 Å². The molecule has 108 valence electrons. The van der Waals surface area contributed by atoms with E-state index in [4.69, 9.17) is 5.26 Å². The molecule has 0 spiro atoms. The fourth-order valence-electron chi connectivity index (χ4n) is 2.27. The van der Waals surface area contributed by atoms with Gasteiger partial charge in [0, 0.05) is 23.3 Å². The largest absolute Gasteiger partial charge is 0.264 e. The summed E-state index contributed by atoms with van der Waals surface area (Å²) in [5, 5.41) is 13.9. The Bertz CT molecular complexity index is 1030. The molecule has 0 unspecified atom stereocenters. The summed E-state index contributed by atoms with van der Waals surface area (Å²) >= 11 is 0. The molecule has 0 aliphatic carbocycles. The zero-order valence-electron chi connectivity index (χ0n) is 11.8. The van der Waals surface area contributed by atoms with E-state index in [1.54, 1.807) is 12.4 Å². The summed E-state index contributed by atoms with van der Waals surface area (Å²) < 4.78 is 1.49. The number of fused-ring (bicyclic) bond motifs is 1. The summed E-state index contributed by atoms with van der Waals surface area (Å²) in [6, 6.07) is 13.3. The van der Waals surface area contributed by atoms with E-state index in [2.05, 4.69) is 25.0 Å². The van der Waals surface area contributed by atoms with Gasteiger partial charge in [0.15, 0.2) is 11.6 Å².